The first kappa shape index (κ1) is 16.1. The summed E-state index contributed by atoms with van der Waals surface area (Å²) < 4.78 is 25.8. The van der Waals surface area contributed by atoms with E-state index in [0.717, 1.165) is 30.4 Å². The summed E-state index contributed by atoms with van der Waals surface area (Å²) in [5.74, 6) is 0.0560. The second-order valence-electron chi connectivity index (χ2n) is 4.81. The van der Waals surface area contributed by atoms with Crippen molar-refractivity contribution in [1.82, 2.24) is 4.31 Å². The lowest BCUT2D eigenvalue weighted by molar-refractivity contribution is 0.453. The van der Waals surface area contributed by atoms with E-state index in [1.165, 1.54) is 4.31 Å². The third kappa shape index (κ3) is 5.30. The highest BCUT2D eigenvalue weighted by Crippen LogP contribution is 2.12. The molecule has 0 atom stereocenters. The first-order chi connectivity index (χ1) is 8.99. The lowest BCUT2D eigenvalue weighted by Gasteiger charge is -2.17. The summed E-state index contributed by atoms with van der Waals surface area (Å²) in [6.07, 6.45) is 3.07. The summed E-state index contributed by atoms with van der Waals surface area (Å²) in [7, 11) is -1.56. The predicted molar refractivity (Wildman–Crippen MR) is 79.1 cm³/mol. The molecule has 1 aromatic carbocycles. The Labute approximate surface area is 116 Å². The van der Waals surface area contributed by atoms with Crippen LogP contribution in [0.1, 0.15) is 37.3 Å². The number of nitrogens with zero attached hydrogens (tertiary/aromatic N) is 1. The van der Waals surface area contributed by atoms with Crippen molar-refractivity contribution >= 4 is 10.0 Å². The Hall–Kier alpha value is -0.910. The summed E-state index contributed by atoms with van der Waals surface area (Å²) in [6.45, 7) is 3.18. The molecule has 0 bridgehead atoms. The molecule has 0 fully saturated rings. The first-order valence-electron chi connectivity index (χ1n) is 6.71. The second kappa shape index (κ2) is 7.62. The molecule has 5 heteroatoms. The summed E-state index contributed by atoms with van der Waals surface area (Å²) in [5, 5.41) is 0. The Morgan fingerprint density at radius 1 is 1.11 bits per heavy atom. The third-order valence-electron chi connectivity index (χ3n) is 3.16. The number of sulfonamides is 1. The Kier molecular flexibility index (Phi) is 6.48. The summed E-state index contributed by atoms with van der Waals surface area (Å²) in [6, 6.07) is 7.42. The van der Waals surface area contributed by atoms with Gasteiger partial charge in [-0.2, -0.15) is 0 Å². The molecule has 0 aliphatic carbocycles. The number of hydrogen-bond donors (Lipinski definition) is 1. The van der Waals surface area contributed by atoms with Crippen molar-refractivity contribution in [2.24, 2.45) is 5.73 Å². The van der Waals surface area contributed by atoms with Crippen molar-refractivity contribution in [3.8, 4) is 0 Å². The molecule has 0 aromatic heterocycles. The molecule has 19 heavy (non-hydrogen) atoms. The zero-order valence-electron chi connectivity index (χ0n) is 11.8. The maximum absolute atomic E-state index is 12.1. The molecule has 0 unspecified atom stereocenters. The highest BCUT2D eigenvalue weighted by Gasteiger charge is 2.17. The average molecular weight is 284 g/mol. The van der Waals surface area contributed by atoms with E-state index in [0.29, 0.717) is 13.1 Å². The van der Waals surface area contributed by atoms with Crippen LogP contribution in [0.4, 0.5) is 0 Å². The van der Waals surface area contributed by atoms with Gasteiger partial charge in [-0.05, 0) is 17.5 Å². The van der Waals surface area contributed by atoms with Crippen LogP contribution in [0.15, 0.2) is 24.3 Å². The van der Waals surface area contributed by atoms with Crippen LogP contribution < -0.4 is 5.73 Å². The molecule has 0 aliphatic rings. The maximum Gasteiger partial charge on any atom is 0.218 e. The number of nitrogens with two attached hydrogens (primary N) is 1. The Morgan fingerprint density at radius 2 is 1.68 bits per heavy atom. The van der Waals surface area contributed by atoms with Crippen LogP contribution in [0.3, 0.4) is 0 Å². The molecule has 0 aliphatic heterocycles. The predicted octanol–water partition coefficient (Wildman–Crippen LogP) is 2.10. The molecule has 0 spiro atoms. The van der Waals surface area contributed by atoms with Crippen LogP contribution in [-0.4, -0.2) is 26.3 Å². The number of unbranched alkanes of at least 4 members (excludes halogenated alkanes) is 2. The fourth-order valence-electron chi connectivity index (χ4n) is 1.82. The largest absolute Gasteiger partial charge is 0.326 e. The van der Waals surface area contributed by atoms with Crippen molar-refractivity contribution < 1.29 is 8.42 Å². The minimum atomic E-state index is -3.21. The molecule has 0 amide bonds. The number of rotatable bonds is 8. The lowest BCUT2D eigenvalue weighted by Crippen LogP contribution is -2.29. The van der Waals surface area contributed by atoms with Crippen molar-refractivity contribution in [3.63, 3.8) is 0 Å². The monoisotopic (exact) mass is 284 g/mol. The quantitative estimate of drug-likeness (QED) is 0.744. The van der Waals surface area contributed by atoms with Gasteiger partial charge in [0.15, 0.2) is 0 Å². The highest BCUT2D eigenvalue weighted by atomic mass is 32.2. The third-order valence-corrected chi connectivity index (χ3v) is 4.99. The van der Waals surface area contributed by atoms with E-state index >= 15 is 0 Å². The maximum atomic E-state index is 12.1. The summed E-state index contributed by atoms with van der Waals surface area (Å²) >= 11 is 0. The SMILES string of the molecule is CCCCCN(C)S(=O)(=O)Cc1ccc(CN)cc1. The molecule has 4 nitrogen and oxygen atoms in total. The van der Waals surface area contributed by atoms with Gasteiger partial charge in [0.05, 0.1) is 5.75 Å². The van der Waals surface area contributed by atoms with Gasteiger partial charge in [0.2, 0.25) is 10.0 Å². The van der Waals surface area contributed by atoms with E-state index in [1.807, 2.05) is 24.3 Å². The second-order valence-corrected chi connectivity index (χ2v) is 6.88. The van der Waals surface area contributed by atoms with E-state index in [2.05, 4.69) is 6.92 Å². The van der Waals surface area contributed by atoms with E-state index in [1.54, 1.807) is 7.05 Å². The van der Waals surface area contributed by atoms with Gasteiger partial charge < -0.3 is 5.73 Å². The smallest absolute Gasteiger partial charge is 0.218 e. The van der Waals surface area contributed by atoms with Crippen LogP contribution in [0, 0.1) is 0 Å². The van der Waals surface area contributed by atoms with Crippen LogP contribution in [-0.2, 0) is 22.3 Å². The zero-order valence-corrected chi connectivity index (χ0v) is 12.6. The van der Waals surface area contributed by atoms with Gasteiger partial charge in [-0.15, -0.1) is 0 Å². The van der Waals surface area contributed by atoms with Gasteiger partial charge in [-0.25, -0.2) is 12.7 Å². The minimum absolute atomic E-state index is 0.0560. The minimum Gasteiger partial charge on any atom is -0.326 e. The molecule has 2 N–H and O–H groups in total. The van der Waals surface area contributed by atoms with Crippen LogP contribution in [0.5, 0.6) is 0 Å². The lowest BCUT2D eigenvalue weighted by atomic mass is 10.1. The van der Waals surface area contributed by atoms with Crippen molar-refractivity contribution in [1.29, 1.82) is 0 Å². The number of benzene rings is 1. The fraction of sp³-hybridized carbons (Fsp3) is 0.571. The van der Waals surface area contributed by atoms with E-state index in [-0.39, 0.29) is 5.75 Å². The van der Waals surface area contributed by atoms with E-state index < -0.39 is 10.0 Å². The summed E-state index contributed by atoms with van der Waals surface area (Å²) in [5.41, 5.74) is 7.33. The Morgan fingerprint density at radius 3 is 2.21 bits per heavy atom. The Bertz CT molecular complexity index is 469. The standard InChI is InChI=1S/C14H24N2O2S/c1-3-4-5-10-16(2)19(17,18)12-14-8-6-13(11-15)7-9-14/h6-9H,3-5,10-12,15H2,1-2H3. The molecule has 0 saturated heterocycles. The molecule has 108 valence electrons. The van der Waals surface area contributed by atoms with Crippen LogP contribution in [0.25, 0.3) is 0 Å². The molecule has 0 heterocycles. The van der Waals surface area contributed by atoms with Gasteiger partial charge in [0, 0.05) is 20.1 Å². The average Bonchev–Trinajstić information content (AvgIpc) is 2.39. The molecule has 1 aromatic rings. The van der Waals surface area contributed by atoms with E-state index in [9.17, 15) is 8.42 Å². The van der Waals surface area contributed by atoms with Gasteiger partial charge in [0.1, 0.15) is 0 Å². The van der Waals surface area contributed by atoms with Crippen LogP contribution in [0.2, 0.25) is 0 Å². The van der Waals surface area contributed by atoms with Gasteiger partial charge >= 0.3 is 0 Å². The highest BCUT2D eigenvalue weighted by molar-refractivity contribution is 7.88. The molecule has 1 rings (SSSR count). The zero-order chi connectivity index (χ0) is 14.3. The topological polar surface area (TPSA) is 63.4 Å². The normalized spacial score (nSPS) is 12.0. The molecule has 0 radical (unpaired) electrons. The summed E-state index contributed by atoms with van der Waals surface area (Å²) in [4.78, 5) is 0. The van der Waals surface area contributed by atoms with Gasteiger partial charge in [-0.3, -0.25) is 0 Å². The number of hydrogen-bond acceptors (Lipinski definition) is 3. The first-order valence-corrected chi connectivity index (χ1v) is 8.32. The molecule has 0 saturated carbocycles. The van der Waals surface area contributed by atoms with Crippen molar-refractivity contribution in [3.05, 3.63) is 35.4 Å². The van der Waals surface area contributed by atoms with Crippen molar-refractivity contribution in [2.75, 3.05) is 13.6 Å². The molecular formula is C14H24N2O2S. The van der Waals surface area contributed by atoms with Gasteiger partial charge in [-0.1, -0.05) is 44.0 Å². The molecular weight excluding hydrogens is 260 g/mol. The van der Waals surface area contributed by atoms with Crippen LogP contribution >= 0.6 is 0 Å². The fourth-order valence-corrected chi connectivity index (χ4v) is 3.06. The van der Waals surface area contributed by atoms with Crippen molar-refractivity contribution in [2.45, 2.75) is 38.5 Å². The Balaban J connectivity index is 2.62. The van der Waals surface area contributed by atoms with Gasteiger partial charge in [0.25, 0.3) is 0 Å². The van der Waals surface area contributed by atoms with E-state index in [4.69, 9.17) is 5.73 Å².